The summed E-state index contributed by atoms with van der Waals surface area (Å²) in [4.78, 5) is 15.2. The predicted molar refractivity (Wildman–Crippen MR) is 71.1 cm³/mol. The number of aromatic hydroxyl groups is 1. The molecule has 1 aromatic rings. The normalized spacial score (nSPS) is 14.4. The lowest BCUT2D eigenvalue weighted by atomic mass is 10.1. The van der Waals surface area contributed by atoms with Crippen LogP contribution in [0.1, 0.15) is 32.6 Å². The van der Waals surface area contributed by atoms with Crippen LogP contribution >= 0.6 is 0 Å². The molecule has 0 spiro atoms. The van der Waals surface area contributed by atoms with Crippen LogP contribution < -0.4 is 5.32 Å². The molecule has 7 nitrogen and oxygen atoms in total. The highest BCUT2D eigenvalue weighted by molar-refractivity contribution is 5.67. The van der Waals surface area contributed by atoms with Crippen molar-refractivity contribution in [3.8, 4) is 5.75 Å². The lowest BCUT2D eigenvalue weighted by Gasteiger charge is -2.22. The SMILES string of the molecule is CC(C)(C)OC(=O)NCC(O)C(O)c1ccc(O)cn1. The zero-order chi connectivity index (χ0) is 15.3. The molecule has 0 fully saturated rings. The van der Waals surface area contributed by atoms with Crippen molar-refractivity contribution >= 4 is 6.09 Å². The highest BCUT2D eigenvalue weighted by Crippen LogP contribution is 2.16. The van der Waals surface area contributed by atoms with Gasteiger partial charge in [0.15, 0.2) is 0 Å². The molecule has 1 amide bonds. The van der Waals surface area contributed by atoms with E-state index in [0.29, 0.717) is 0 Å². The molecule has 1 heterocycles. The Morgan fingerprint density at radius 2 is 2.05 bits per heavy atom. The summed E-state index contributed by atoms with van der Waals surface area (Å²) in [5.41, 5.74) is -0.437. The van der Waals surface area contributed by atoms with Gasteiger partial charge >= 0.3 is 6.09 Å². The zero-order valence-electron chi connectivity index (χ0n) is 11.7. The minimum absolute atomic E-state index is 0.0395. The third kappa shape index (κ3) is 5.41. The maximum atomic E-state index is 11.4. The van der Waals surface area contributed by atoms with Gasteiger partial charge in [0.05, 0.1) is 11.9 Å². The van der Waals surface area contributed by atoms with Crippen molar-refractivity contribution in [3.63, 3.8) is 0 Å². The van der Waals surface area contributed by atoms with E-state index in [9.17, 15) is 15.0 Å². The molecule has 2 atom stereocenters. The third-order valence-electron chi connectivity index (χ3n) is 2.29. The average molecular weight is 284 g/mol. The van der Waals surface area contributed by atoms with Crippen LogP contribution in [0.4, 0.5) is 4.79 Å². The Morgan fingerprint density at radius 3 is 2.55 bits per heavy atom. The molecular weight excluding hydrogens is 264 g/mol. The molecule has 0 bridgehead atoms. The first-order chi connectivity index (χ1) is 9.19. The van der Waals surface area contributed by atoms with E-state index in [4.69, 9.17) is 9.84 Å². The van der Waals surface area contributed by atoms with Crippen LogP contribution in [0.5, 0.6) is 5.75 Å². The van der Waals surface area contributed by atoms with Crippen LogP contribution in [0.15, 0.2) is 18.3 Å². The highest BCUT2D eigenvalue weighted by Gasteiger charge is 2.22. The van der Waals surface area contributed by atoms with E-state index in [1.807, 2.05) is 0 Å². The number of aliphatic hydroxyl groups is 2. The van der Waals surface area contributed by atoms with Crippen LogP contribution in [0.3, 0.4) is 0 Å². The Balaban J connectivity index is 2.48. The van der Waals surface area contributed by atoms with Crippen LogP contribution in [-0.2, 0) is 4.74 Å². The van der Waals surface area contributed by atoms with Gasteiger partial charge in [0.1, 0.15) is 23.6 Å². The Hall–Kier alpha value is -1.86. The fraction of sp³-hybridized carbons (Fsp3) is 0.538. The molecule has 2 unspecified atom stereocenters. The number of aliphatic hydroxyl groups excluding tert-OH is 2. The number of carbonyl (C=O) groups is 1. The van der Waals surface area contributed by atoms with E-state index in [1.165, 1.54) is 12.1 Å². The quantitative estimate of drug-likeness (QED) is 0.647. The summed E-state index contributed by atoms with van der Waals surface area (Å²) in [7, 11) is 0. The number of pyridine rings is 1. The summed E-state index contributed by atoms with van der Waals surface area (Å²) in [5.74, 6) is -0.0395. The summed E-state index contributed by atoms with van der Waals surface area (Å²) < 4.78 is 5.00. The highest BCUT2D eigenvalue weighted by atomic mass is 16.6. The van der Waals surface area contributed by atoms with E-state index in [0.717, 1.165) is 6.20 Å². The summed E-state index contributed by atoms with van der Waals surface area (Å²) in [5, 5.41) is 31.0. The van der Waals surface area contributed by atoms with Crippen LogP contribution in [-0.4, -0.2) is 44.6 Å². The Morgan fingerprint density at radius 1 is 1.40 bits per heavy atom. The van der Waals surface area contributed by atoms with Gasteiger partial charge in [-0.2, -0.15) is 0 Å². The van der Waals surface area contributed by atoms with Crippen molar-refractivity contribution in [2.24, 2.45) is 0 Å². The first-order valence-corrected chi connectivity index (χ1v) is 6.17. The van der Waals surface area contributed by atoms with Gasteiger partial charge in [-0.3, -0.25) is 4.98 Å². The monoisotopic (exact) mass is 284 g/mol. The number of carbonyl (C=O) groups excluding carboxylic acids is 1. The smallest absolute Gasteiger partial charge is 0.407 e. The molecular formula is C13H20N2O5. The van der Waals surface area contributed by atoms with Gasteiger partial charge in [-0.05, 0) is 32.9 Å². The molecule has 0 aliphatic carbocycles. The van der Waals surface area contributed by atoms with Crippen molar-refractivity contribution in [2.45, 2.75) is 38.6 Å². The molecule has 0 saturated heterocycles. The van der Waals surface area contributed by atoms with Gasteiger partial charge in [0.2, 0.25) is 0 Å². The standard InChI is InChI=1S/C13H20N2O5/c1-13(2,3)20-12(19)15-7-10(17)11(18)9-5-4-8(16)6-14-9/h4-6,10-11,16-18H,7H2,1-3H3,(H,15,19). The van der Waals surface area contributed by atoms with Gasteiger partial charge in [-0.1, -0.05) is 0 Å². The van der Waals surface area contributed by atoms with Crippen molar-refractivity contribution in [1.29, 1.82) is 0 Å². The number of nitrogens with zero attached hydrogens (tertiary/aromatic N) is 1. The van der Waals surface area contributed by atoms with Crippen LogP contribution in [0.2, 0.25) is 0 Å². The van der Waals surface area contributed by atoms with Gasteiger partial charge in [-0.15, -0.1) is 0 Å². The van der Waals surface area contributed by atoms with E-state index < -0.39 is 23.9 Å². The molecule has 4 N–H and O–H groups in total. The maximum Gasteiger partial charge on any atom is 0.407 e. The van der Waals surface area contributed by atoms with Crippen molar-refractivity contribution in [3.05, 3.63) is 24.0 Å². The van der Waals surface area contributed by atoms with Gasteiger partial charge < -0.3 is 25.4 Å². The summed E-state index contributed by atoms with van der Waals surface area (Å²) in [6, 6.07) is 2.73. The second-order valence-corrected chi connectivity index (χ2v) is 5.34. The molecule has 1 aromatic heterocycles. The maximum absolute atomic E-state index is 11.4. The van der Waals surface area contributed by atoms with E-state index in [1.54, 1.807) is 20.8 Å². The largest absolute Gasteiger partial charge is 0.506 e. The molecule has 0 radical (unpaired) electrons. The molecule has 0 aliphatic rings. The average Bonchev–Trinajstić information content (AvgIpc) is 2.34. The number of nitrogens with one attached hydrogen (secondary N) is 1. The number of hydrogen-bond acceptors (Lipinski definition) is 6. The number of rotatable bonds is 4. The van der Waals surface area contributed by atoms with Crippen molar-refractivity contribution in [2.75, 3.05) is 6.54 Å². The number of hydrogen-bond donors (Lipinski definition) is 4. The summed E-state index contributed by atoms with van der Waals surface area (Å²) in [6.07, 6.45) is -2.03. The van der Waals surface area contributed by atoms with E-state index in [2.05, 4.69) is 10.3 Å². The first kappa shape index (κ1) is 16.2. The number of amides is 1. The fourth-order valence-corrected chi connectivity index (χ4v) is 1.38. The minimum atomic E-state index is -1.27. The summed E-state index contributed by atoms with van der Waals surface area (Å²) >= 11 is 0. The number of ether oxygens (including phenoxy) is 1. The van der Waals surface area contributed by atoms with Gasteiger partial charge in [-0.25, -0.2) is 4.79 Å². The lowest BCUT2D eigenvalue weighted by Crippen LogP contribution is -2.39. The first-order valence-electron chi connectivity index (χ1n) is 6.17. The Labute approximate surface area is 117 Å². The van der Waals surface area contributed by atoms with Crippen LogP contribution in [0.25, 0.3) is 0 Å². The molecule has 0 aromatic carbocycles. The fourth-order valence-electron chi connectivity index (χ4n) is 1.38. The van der Waals surface area contributed by atoms with Crippen LogP contribution in [0, 0.1) is 0 Å². The molecule has 0 saturated carbocycles. The van der Waals surface area contributed by atoms with Crippen molar-refractivity contribution in [1.82, 2.24) is 10.3 Å². The zero-order valence-corrected chi connectivity index (χ0v) is 11.7. The van der Waals surface area contributed by atoms with Crippen molar-refractivity contribution < 1.29 is 24.9 Å². The molecule has 1 rings (SSSR count). The topological polar surface area (TPSA) is 112 Å². The predicted octanol–water partition coefficient (Wildman–Crippen LogP) is 0.706. The Kier molecular flexibility index (Phi) is 5.29. The van der Waals surface area contributed by atoms with Gasteiger partial charge in [0, 0.05) is 6.54 Å². The third-order valence-corrected chi connectivity index (χ3v) is 2.29. The Bertz CT molecular complexity index is 441. The second-order valence-electron chi connectivity index (χ2n) is 5.34. The number of aromatic nitrogens is 1. The minimum Gasteiger partial charge on any atom is -0.506 e. The molecule has 112 valence electrons. The van der Waals surface area contributed by atoms with E-state index in [-0.39, 0.29) is 18.0 Å². The molecule has 0 aliphatic heterocycles. The molecule has 20 heavy (non-hydrogen) atoms. The summed E-state index contributed by atoms with van der Waals surface area (Å²) in [6.45, 7) is 4.98. The molecule has 7 heteroatoms. The lowest BCUT2D eigenvalue weighted by molar-refractivity contribution is 0.0108. The van der Waals surface area contributed by atoms with E-state index >= 15 is 0 Å². The van der Waals surface area contributed by atoms with Gasteiger partial charge in [0.25, 0.3) is 0 Å². The number of alkyl carbamates (subject to hydrolysis) is 1. The second kappa shape index (κ2) is 6.53.